The lowest BCUT2D eigenvalue weighted by atomic mass is 9.96. The summed E-state index contributed by atoms with van der Waals surface area (Å²) in [4.78, 5) is 12.7. The highest BCUT2D eigenvalue weighted by Gasteiger charge is 2.50. The number of nitrogens with zero attached hydrogens (tertiary/aromatic N) is 3. The summed E-state index contributed by atoms with van der Waals surface area (Å²) in [5.74, 6) is 0.0708. The van der Waals surface area contributed by atoms with Gasteiger partial charge in [0.25, 0.3) is 0 Å². The van der Waals surface area contributed by atoms with Gasteiger partial charge in [0.2, 0.25) is 0 Å². The van der Waals surface area contributed by atoms with Gasteiger partial charge in [0.15, 0.2) is 10.5 Å². The summed E-state index contributed by atoms with van der Waals surface area (Å²) < 4.78 is 0.657. The Kier molecular flexibility index (Phi) is 7.08. The van der Waals surface area contributed by atoms with Crippen molar-refractivity contribution < 1.29 is 15.1 Å². The Morgan fingerprint density at radius 2 is 2.10 bits per heavy atom. The lowest BCUT2D eigenvalue weighted by molar-refractivity contribution is -0.119. The molecule has 2 amide bonds. The minimum absolute atomic E-state index is 0.0708. The van der Waals surface area contributed by atoms with Gasteiger partial charge in [-0.1, -0.05) is 59.2 Å². The lowest BCUT2D eigenvalue weighted by Gasteiger charge is -2.35. The summed E-state index contributed by atoms with van der Waals surface area (Å²) in [5, 5.41) is 30.2. The number of hydrazone groups is 1. The molecule has 10 heteroatoms. The minimum atomic E-state index is -0.783. The highest BCUT2D eigenvalue weighted by atomic mass is 79.9. The van der Waals surface area contributed by atoms with Gasteiger partial charge >= 0.3 is 6.03 Å². The molecule has 2 fully saturated rings. The fourth-order valence-corrected chi connectivity index (χ4v) is 5.74. The third kappa shape index (κ3) is 5.22. The van der Waals surface area contributed by atoms with Gasteiger partial charge in [0.05, 0.1) is 11.0 Å². The van der Waals surface area contributed by atoms with E-state index in [0.29, 0.717) is 14.9 Å². The van der Waals surface area contributed by atoms with E-state index >= 15 is 0 Å². The van der Waals surface area contributed by atoms with E-state index in [4.69, 9.17) is 12.2 Å². The molecule has 7 nitrogen and oxygen atoms in total. The molecule has 3 rings (SSSR count). The van der Waals surface area contributed by atoms with Crippen LogP contribution in [0.25, 0.3) is 0 Å². The number of hydrogen-bond acceptors (Lipinski definition) is 6. The number of thiocarbonyl (C=S) groups is 1. The topological polar surface area (TPSA) is 88.4 Å². The summed E-state index contributed by atoms with van der Waals surface area (Å²) in [6.45, 7) is 3.80. The van der Waals surface area contributed by atoms with Crippen molar-refractivity contribution in [3.05, 3.63) is 28.2 Å². The molecule has 0 radical (unpaired) electrons. The Labute approximate surface area is 188 Å². The molecule has 1 aromatic rings. The number of hydroxylamine groups is 2. The molecule has 1 saturated heterocycles. The fourth-order valence-electron chi connectivity index (χ4n) is 3.58. The summed E-state index contributed by atoms with van der Waals surface area (Å²) in [5.41, 5.74) is 0.492. The van der Waals surface area contributed by atoms with E-state index in [1.165, 1.54) is 29.4 Å². The van der Waals surface area contributed by atoms with Gasteiger partial charge in [-0.3, -0.25) is 5.21 Å². The second kappa shape index (κ2) is 9.20. The van der Waals surface area contributed by atoms with Crippen LogP contribution in [0.15, 0.2) is 27.8 Å². The van der Waals surface area contributed by atoms with E-state index in [1.807, 2.05) is 13.8 Å². The lowest BCUT2D eigenvalue weighted by Crippen LogP contribution is -2.57. The summed E-state index contributed by atoms with van der Waals surface area (Å²) in [6, 6.07) is 4.52. The van der Waals surface area contributed by atoms with Crippen LogP contribution < -0.4 is 5.32 Å². The molecule has 3 N–H and O–H groups in total. The number of amides is 2. The van der Waals surface area contributed by atoms with Crippen LogP contribution in [0.5, 0.6) is 5.75 Å². The van der Waals surface area contributed by atoms with Crippen LogP contribution in [-0.2, 0) is 0 Å². The van der Waals surface area contributed by atoms with Crippen molar-refractivity contribution in [2.45, 2.75) is 62.9 Å². The maximum Gasteiger partial charge on any atom is 0.343 e. The van der Waals surface area contributed by atoms with E-state index < -0.39 is 16.9 Å². The van der Waals surface area contributed by atoms with Crippen LogP contribution in [0, 0.1) is 0 Å². The van der Waals surface area contributed by atoms with Crippen LogP contribution >= 0.6 is 39.9 Å². The second-order valence-electron chi connectivity index (χ2n) is 7.77. The summed E-state index contributed by atoms with van der Waals surface area (Å²) >= 11 is 10.2. The monoisotopic (exact) mass is 500 g/mol. The first-order valence-electron chi connectivity index (χ1n) is 9.52. The highest BCUT2D eigenvalue weighted by molar-refractivity contribution is 9.10. The number of nitrogens with one attached hydrogen (secondary N) is 1. The minimum Gasteiger partial charge on any atom is -0.507 e. The predicted molar refractivity (Wildman–Crippen MR) is 122 cm³/mol. The van der Waals surface area contributed by atoms with Crippen molar-refractivity contribution in [1.29, 1.82) is 0 Å². The first-order chi connectivity index (χ1) is 13.7. The average Bonchev–Trinajstić information content (AvgIpc) is 2.90. The molecule has 1 heterocycles. The van der Waals surface area contributed by atoms with Crippen molar-refractivity contribution in [2.24, 2.45) is 5.10 Å². The molecule has 158 valence electrons. The Balaban J connectivity index is 1.79. The van der Waals surface area contributed by atoms with Crippen molar-refractivity contribution >= 4 is 56.5 Å². The number of carbonyl (C=O) groups excluding carboxylic acids is 1. The number of hydrogen-bond donors (Lipinski definition) is 3. The van der Waals surface area contributed by atoms with Crippen LogP contribution in [0.1, 0.15) is 51.5 Å². The van der Waals surface area contributed by atoms with Crippen molar-refractivity contribution in [3.8, 4) is 5.75 Å². The number of phenols is 1. The van der Waals surface area contributed by atoms with Gasteiger partial charge in [-0.15, -0.1) is 0 Å². The van der Waals surface area contributed by atoms with Gasteiger partial charge in [-0.25, -0.2) is 9.80 Å². The number of aromatic hydroxyl groups is 1. The average molecular weight is 501 g/mol. The van der Waals surface area contributed by atoms with Crippen LogP contribution in [0.2, 0.25) is 0 Å². The number of halogens is 1. The molecule has 1 saturated carbocycles. The number of benzene rings is 1. The van der Waals surface area contributed by atoms with E-state index in [-0.39, 0.29) is 11.8 Å². The summed E-state index contributed by atoms with van der Waals surface area (Å²) in [7, 11) is 0. The van der Waals surface area contributed by atoms with Gasteiger partial charge in [0, 0.05) is 16.1 Å². The van der Waals surface area contributed by atoms with Gasteiger partial charge < -0.3 is 10.4 Å². The number of phenolic OH excluding ortho intramolecular Hbond substituents is 1. The molecular formula is C19H25BrN4O3S2. The second-order valence-corrected chi connectivity index (χ2v) is 11.0. The van der Waals surface area contributed by atoms with Crippen molar-refractivity contribution in [2.75, 3.05) is 0 Å². The number of urea groups is 1. The smallest absolute Gasteiger partial charge is 0.343 e. The maximum atomic E-state index is 12.7. The molecule has 29 heavy (non-hydrogen) atoms. The summed E-state index contributed by atoms with van der Waals surface area (Å²) in [6.07, 6.45) is 5.87. The van der Waals surface area contributed by atoms with Gasteiger partial charge in [0.1, 0.15) is 5.75 Å². The highest BCUT2D eigenvalue weighted by Crippen LogP contribution is 2.42. The van der Waals surface area contributed by atoms with Crippen molar-refractivity contribution in [3.63, 3.8) is 0 Å². The zero-order valence-electron chi connectivity index (χ0n) is 16.3. The Bertz CT molecular complexity index is 815. The Hall–Kier alpha value is -1.36. The van der Waals surface area contributed by atoms with E-state index in [1.54, 1.807) is 18.2 Å². The number of rotatable bonds is 4. The third-order valence-electron chi connectivity index (χ3n) is 5.07. The normalized spacial score (nSPS) is 22.3. The predicted octanol–water partition coefficient (Wildman–Crippen LogP) is 4.66. The van der Waals surface area contributed by atoms with E-state index in [9.17, 15) is 15.1 Å². The standard InChI is InChI=1S/C19H25BrN4O3S2/c1-19(2)16(24(27)17(26)22-14-6-4-3-5-7-14)23(18(28)29-19)21-11-12-10-13(20)8-9-15(12)25/h8-11,14,16,25,27H,3-7H2,1-2H3,(H,22,26)/b21-11+. The molecule has 1 aromatic carbocycles. The number of thioether (sulfide) groups is 1. The molecule has 1 unspecified atom stereocenters. The van der Waals surface area contributed by atoms with Crippen molar-refractivity contribution in [1.82, 2.24) is 15.4 Å². The third-order valence-corrected chi connectivity index (χ3v) is 7.10. The Morgan fingerprint density at radius 1 is 1.41 bits per heavy atom. The van der Waals surface area contributed by atoms with Crippen LogP contribution in [-0.4, -0.2) is 53.9 Å². The molecule has 1 aliphatic carbocycles. The first-order valence-corrected chi connectivity index (χ1v) is 11.5. The van der Waals surface area contributed by atoms with E-state index in [2.05, 4.69) is 26.3 Å². The molecule has 0 aromatic heterocycles. The van der Waals surface area contributed by atoms with Crippen LogP contribution in [0.4, 0.5) is 4.79 Å². The molecule has 0 bridgehead atoms. The molecule has 0 spiro atoms. The zero-order chi connectivity index (χ0) is 21.2. The van der Waals surface area contributed by atoms with Crippen LogP contribution in [0.3, 0.4) is 0 Å². The van der Waals surface area contributed by atoms with E-state index in [0.717, 1.165) is 30.2 Å². The van der Waals surface area contributed by atoms with Gasteiger partial charge in [-0.05, 0) is 44.9 Å². The first kappa shape index (κ1) is 22.3. The number of carbonyl (C=O) groups is 1. The Morgan fingerprint density at radius 3 is 2.79 bits per heavy atom. The molecule has 2 aliphatic rings. The molecule has 1 aliphatic heterocycles. The molecule has 1 atom stereocenters. The fraction of sp³-hybridized carbons (Fsp3) is 0.526. The SMILES string of the molecule is CC1(C)SC(=S)N(/N=C/c2cc(Br)ccc2O)C1N(O)C(=O)NC1CCCCC1. The molecular weight excluding hydrogens is 476 g/mol. The largest absolute Gasteiger partial charge is 0.507 e. The van der Waals surface area contributed by atoms with Gasteiger partial charge in [-0.2, -0.15) is 10.2 Å². The quantitative estimate of drug-likeness (QED) is 0.241. The maximum absolute atomic E-state index is 12.7. The zero-order valence-corrected chi connectivity index (χ0v) is 19.6.